The van der Waals surface area contributed by atoms with Crippen LogP contribution >= 0.6 is 23.2 Å². The van der Waals surface area contributed by atoms with Gasteiger partial charge >= 0.3 is 0 Å². The first-order valence-electron chi connectivity index (χ1n) is 5.38. The molecule has 0 bridgehead atoms. The summed E-state index contributed by atoms with van der Waals surface area (Å²) in [6, 6.07) is 12.1. The van der Waals surface area contributed by atoms with E-state index in [-0.39, 0.29) is 12.2 Å². The SMILES string of the molecule is Nc1cc(Cl)cc(C(=O)Cc2cccc(Cl)c2)c1. The highest BCUT2D eigenvalue weighted by atomic mass is 35.5. The van der Waals surface area contributed by atoms with Crippen LogP contribution < -0.4 is 5.73 Å². The minimum atomic E-state index is -0.0357. The third-order valence-electron chi connectivity index (χ3n) is 2.50. The van der Waals surface area contributed by atoms with Gasteiger partial charge in [-0.15, -0.1) is 0 Å². The molecule has 2 rings (SSSR count). The molecule has 0 aliphatic carbocycles. The molecule has 0 aromatic heterocycles. The van der Waals surface area contributed by atoms with Gasteiger partial charge in [-0.3, -0.25) is 4.79 Å². The van der Waals surface area contributed by atoms with Gasteiger partial charge < -0.3 is 5.73 Å². The summed E-state index contributed by atoms with van der Waals surface area (Å²) in [4.78, 5) is 12.1. The molecule has 0 aliphatic heterocycles. The Bertz CT molecular complexity index is 576. The zero-order chi connectivity index (χ0) is 13.1. The fraction of sp³-hybridized carbons (Fsp3) is 0.0714. The van der Waals surface area contributed by atoms with Gasteiger partial charge in [0.15, 0.2) is 5.78 Å². The predicted octanol–water partition coefficient (Wildman–Crippen LogP) is 4.00. The van der Waals surface area contributed by atoms with Crippen molar-refractivity contribution < 1.29 is 4.79 Å². The highest BCUT2D eigenvalue weighted by Gasteiger charge is 2.09. The molecule has 0 atom stereocenters. The number of benzene rings is 2. The Hall–Kier alpha value is -1.51. The summed E-state index contributed by atoms with van der Waals surface area (Å²) in [5, 5.41) is 1.08. The Morgan fingerprint density at radius 3 is 2.50 bits per heavy atom. The van der Waals surface area contributed by atoms with Crippen LogP contribution in [0.2, 0.25) is 10.0 Å². The van der Waals surface area contributed by atoms with Gasteiger partial charge in [-0.05, 0) is 35.9 Å². The second-order valence-corrected chi connectivity index (χ2v) is 4.88. The molecular weight excluding hydrogens is 269 g/mol. The van der Waals surface area contributed by atoms with E-state index in [4.69, 9.17) is 28.9 Å². The van der Waals surface area contributed by atoms with E-state index in [9.17, 15) is 4.79 Å². The summed E-state index contributed by atoms with van der Waals surface area (Å²) < 4.78 is 0. The van der Waals surface area contributed by atoms with Crippen LogP contribution in [0.15, 0.2) is 42.5 Å². The van der Waals surface area contributed by atoms with Crippen molar-refractivity contribution in [3.8, 4) is 0 Å². The summed E-state index contributed by atoms with van der Waals surface area (Å²) in [6.07, 6.45) is 0.278. The van der Waals surface area contributed by atoms with Crippen LogP contribution in [-0.4, -0.2) is 5.78 Å². The minimum absolute atomic E-state index is 0.0357. The maximum absolute atomic E-state index is 12.1. The Kier molecular flexibility index (Phi) is 3.90. The van der Waals surface area contributed by atoms with Crippen molar-refractivity contribution in [2.24, 2.45) is 0 Å². The van der Waals surface area contributed by atoms with Gasteiger partial charge in [0.2, 0.25) is 0 Å². The molecule has 0 unspecified atom stereocenters. The van der Waals surface area contributed by atoms with E-state index >= 15 is 0 Å². The van der Waals surface area contributed by atoms with Gasteiger partial charge in [0.25, 0.3) is 0 Å². The molecule has 0 spiro atoms. The standard InChI is InChI=1S/C14H11Cl2NO/c15-11-3-1-2-9(4-11)5-14(18)10-6-12(16)8-13(17)7-10/h1-4,6-8H,5,17H2. The Balaban J connectivity index is 2.22. The third-order valence-corrected chi connectivity index (χ3v) is 2.95. The lowest BCUT2D eigenvalue weighted by molar-refractivity contribution is 0.0993. The topological polar surface area (TPSA) is 43.1 Å². The van der Waals surface area contributed by atoms with Gasteiger partial charge in [-0.1, -0.05) is 35.3 Å². The zero-order valence-electron chi connectivity index (χ0n) is 9.49. The van der Waals surface area contributed by atoms with Crippen molar-refractivity contribution in [2.75, 3.05) is 5.73 Å². The fourth-order valence-electron chi connectivity index (χ4n) is 1.71. The number of ketones is 1. The first kappa shape index (κ1) is 12.9. The number of nitrogens with two attached hydrogens (primary N) is 1. The van der Waals surface area contributed by atoms with Crippen LogP contribution in [0.1, 0.15) is 15.9 Å². The van der Waals surface area contributed by atoms with Gasteiger partial charge in [-0.2, -0.15) is 0 Å². The average Bonchev–Trinajstić information content (AvgIpc) is 2.27. The monoisotopic (exact) mass is 279 g/mol. The Labute approximate surface area is 115 Å². The smallest absolute Gasteiger partial charge is 0.167 e. The molecule has 92 valence electrons. The maximum atomic E-state index is 12.1. The van der Waals surface area contributed by atoms with Crippen LogP contribution in [0.25, 0.3) is 0 Å². The van der Waals surface area contributed by atoms with Crippen LogP contribution in [0.4, 0.5) is 5.69 Å². The highest BCUT2D eigenvalue weighted by molar-refractivity contribution is 6.31. The van der Waals surface area contributed by atoms with Crippen LogP contribution in [0.3, 0.4) is 0 Å². The average molecular weight is 280 g/mol. The molecule has 0 radical (unpaired) electrons. The third kappa shape index (κ3) is 3.25. The van der Waals surface area contributed by atoms with Crippen molar-refractivity contribution in [3.05, 3.63) is 63.6 Å². The molecule has 4 heteroatoms. The molecule has 0 aliphatic rings. The second-order valence-electron chi connectivity index (χ2n) is 4.00. The van der Waals surface area contributed by atoms with Crippen LogP contribution in [-0.2, 0) is 6.42 Å². The summed E-state index contributed by atoms with van der Waals surface area (Å²) >= 11 is 11.7. The van der Waals surface area contributed by atoms with E-state index in [0.29, 0.717) is 21.3 Å². The largest absolute Gasteiger partial charge is 0.399 e. The van der Waals surface area contributed by atoms with Crippen molar-refractivity contribution in [1.29, 1.82) is 0 Å². The van der Waals surface area contributed by atoms with E-state index in [0.717, 1.165) is 5.56 Å². The molecule has 0 amide bonds. The second kappa shape index (κ2) is 5.42. The first-order valence-corrected chi connectivity index (χ1v) is 6.14. The van der Waals surface area contributed by atoms with Crippen molar-refractivity contribution >= 4 is 34.7 Å². The molecule has 2 N–H and O–H groups in total. The van der Waals surface area contributed by atoms with Crippen molar-refractivity contribution in [1.82, 2.24) is 0 Å². The van der Waals surface area contributed by atoms with Gasteiger partial charge in [-0.25, -0.2) is 0 Å². The number of hydrogen-bond donors (Lipinski definition) is 1. The van der Waals surface area contributed by atoms with Gasteiger partial charge in [0, 0.05) is 27.7 Å². The summed E-state index contributed by atoms with van der Waals surface area (Å²) in [6.45, 7) is 0. The lowest BCUT2D eigenvalue weighted by Gasteiger charge is -2.04. The lowest BCUT2D eigenvalue weighted by Crippen LogP contribution is -2.04. The number of carbonyl (C=O) groups is 1. The van der Waals surface area contributed by atoms with Gasteiger partial charge in [0.05, 0.1) is 0 Å². The van der Waals surface area contributed by atoms with E-state index in [2.05, 4.69) is 0 Å². The quantitative estimate of drug-likeness (QED) is 0.682. The molecule has 0 saturated heterocycles. The molecule has 2 nitrogen and oxygen atoms in total. The normalized spacial score (nSPS) is 10.3. The number of Topliss-reactive ketones (excluding diaryl/α,β-unsaturated/α-hetero) is 1. The first-order chi connectivity index (χ1) is 8.54. The molecule has 0 heterocycles. The molecular formula is C14H11Cl2NO. The van der Waals surface area contributed by atoms with Crippen molar-refractivity contribution in [3.63, 3.8) is 0 Å². The Morgan fingerprint density at radius 1 is 1.06 bits per heavy atom. The van der Waals surface area contributed by atoms with E-state index in [1.54, 1.807) is 30.3 Å². The minimum Gasteiger partial charge on any atom is -0.399 e. The summed E-state index contributed by atoms with van der Waals surface area (Å²) in [5.74, 6) is -0.0357. The van der Waals surface area contributed by atoms with Gasteiger partial charge in [0.1, 0.15) is 0 Å². The Morgan fingerprint density at radius 2 is 1.83 bits per heavy atom. The number of hydrogen-bond acceptors (Lipinski definition) is 2. The summed E-state index contributed by atoms with van der Waals surface area (Å²) in [7, 11) is 0. The highest BCUT2D eigenvalue weighted by Crippen LogP contribution is 2.19. The number of nitrogen functional groups attached to an aromatic ring is 1. The van der Waals surface area contributed by atoms with Crippen LogP contribution in [0.5, 0.6) is 0 Å². The van der Waals surface area contributed by atoms with E-state index in [1.165, 1.54) is 0 Å². The van der Waals surface area contributed by atoms with E-state index in [1.807, 2.05) is 12.1 Å². The summed E-state index contributed by atoms with van der Waals surface area (Å²) in [5.41, 5.74) is 7.52. The number of anilines is 1. The number of rotatable bonds is 3. The number of halogens is 2. The molecule has 0 fully saturated rings. The van der Waals surface area contributed by atoms with Crippen molar-refractivity contribution in [2.45, 2.75) is 6.42 Å². The van der Waals surface area contributed by atoms with Crippen LogP contribution in [0, 0.1) is 0 Å². The molecule has 2 aromatic rings. The lowest BCUT2D eigenvalue weighted by atomic mass is 10.0. The predicted molar refractivity (Wildman–Crippen MR) is 75.4 cm³/mol. The molecule has 18 heavy (non-hydrogen) atoms. The fourth-order valence-corrected chi connectivity index (χ4v) is 2.16. The zero-order valence-corrected chi connectivity index (χ0v) is 11.0. The molecule has 0 saturated carbocycles. The number of carbonyl (C=O) groups excluding carboxylic acids is 1. The van der Waals surface area contributed by atoms with E-state index < -0.39 is 0 Å². The molecule has 2 aromatic carbocycles. The maximum Gasteiger partial charge on any atom is 0.167 e.